The minimum Gasteiger partial charge on any atom is -0.462 e. The van der Waals surface area contributed by atoms with Gasteiger partial charge in [0.15, 0.2) is 0 Å². The first-order valence-corrected chi connectivity index (χ1v) is 11.1. The van der Waals surface area contributed by atoms with Crippen molar-refractivity contribution < 1.29 is 14.3 Å². The molecule has 0 spiro atoms. The number of rotatable bonds is 7. The van der Waals surface area contributed by atoms with Crippen molar-refractivity contribution in [3.63, 3.8) is 0 Å². The summed E-state index contributed by atoms with van der Waals surface area (Å²) in [6.45, 7) is 9.10. The molecular weight excluding hydrogens is 376 g/mol. The zero-order valence-electron chi connectivity index (χ0n) is 18.6. The Kier molecular flexibility index (Phi) is 7.35. The zero-order valence-corrected chi connectivity index (χ0v) is 18.6. The normalized spacial score (nSPS) is 21.3. The fraction of sp³-hybridized carbons (Fsp3) is 0.520. The van der Waals surface area contributed by atoms with E-state index in [2.05, 4.69) is 23.7 Å². The van der Waals surface area contributed by atoms with Crippen molar-refractivity contribution in [3.05, 3.63) is 47.7 Å². The molecule has 0 radical (unpaired) electrons. The van der Waals surface area contributed by atoms with Gasteiger partial charge in [-0.25, -0.2) is 4.79 Å². The summed E-state index contributed by atoms with van der Waals surface area (Å²) in [7, 11) is 0. The molecule has 5 heteroatoms. The number of hydrogen-bond acceptors (Lipinski definition) is 3. The molecular formula is C25H34N2O3. The van der Waals surface area contributed by atoms with Crippen molar-refractivity contribution >= 4 is 11.9 Å². The lowest BCUT2D eigenvalue weighted by molar-refractivity contribution is -0.122. The second kappa shape index (κ2) is 9.96. The Balaban J connectivity index is 1.77. The van der Waals surface area contributed by atoms with E-state index >= 15 is 0 Å². The van der Waals surface area contributed by atoms with Crippen LogP contribution in [-0.2, 0) is 16.1 Å². The number of ether oxygens (including phenoxy) is 1. The van der Waals surface area contributed by atoms with E-state index in [1.165, 1.54) is 12.8 Å². The molecule has 1 saturated carbocycles. The highest BCUT2D eigenvalue weighted by Crippen LogP contribution is 2.30. The third-order valence-corrected chi connectivity index (χ3v) is 6.55. The van der Waals surface area contributed by atoms with E-state index < -0.39 is 0 Å². The molecule has 0 bridgehead atoms. The van der Waals surface area contributed by atoms with Crippen LogP contribution in [0.2, 0.25) is 0 Å². The van der Waals surface area contributed by atoms with Crippen molar-refractivity contribution in [3.8, 4) is 11.3 Å². The van der Waals surface area contributed by atoms with Gasteiger partial charge in [0.05, 0.1) is 12.2 Å². The van der Waals surface area contributed by atoms with Crippen molar-refractivity contribution in [1.29, 1.82) is 0 Å². The Morgan fingerprint density at radius 2 is 1.90 bits per heavy atom. The molecule has 162 valence electrons. The molecule has 0 aliphatic heterocycles. The van der Waals surface area contributed by atoms with Crippen LogP contribution in [-0.4, -0.2) is 29.1 Å². The smallest absolute Gasteiger partial charge is 0.339 e. The first-order valence-electron chi connectivity index (χ1n) is 11.1. The third kappa shape index (κ3) is 4.94. The van der Waals surface area contributed by atoms with Crippen LogP contribution >= 0.6 is 0 Å². The van der Waals surface area contributed by atoms with Crippen LogP contribution in [0.3, 0.4) is 0 Å². The predicted octanol–water partition coefficient (Wildman–Crippen LogP) is 4.97. The number of nitrogens with zero attached hydrogens (tertiary/aromatic N) is 1. The standard InChI is InChI=1S/C25H34N2O3/c1-5-30-25(29)21-16-23(20-11-7-6-8-12-20)27(19(21)4)15-14-24(28)26-22-13-9-10-17(2)18(22)3/h6-8,11-12,16-18,22H,5,9-10,13-15H2,1-4H3,(H,26,28). The molecule has 30 heavy (non-hydrogen) atoms. The average Bonchev–Trinajstić information content (AvgIpc) is 3.07. The van der Waals surface area contributed by atoms with Gasteiger partial charge >= 0.3 is 5.97 Å². The average molecular weight is 411 g/mol. The van der Waals surface area contributed by atoms with Gasteiger partial charge in [0, 0.05) is 30.4 Å². The van der Waals surface area contributed by atoms with E-state index in [9.17, 15) is 9.59 Å². The van der Waals surface area contributed by atoms with Gasteiger partial charge in [0.2, 0.25) is 5.91 Å². The Bertz CT molecular complexity index is 872. The van der Waals surface area contributed by atoms with Crippen LogP contribution in [0.4, 0.5) is 0 Å². The van der Waals surface area contributed by atoms with Gasteiger partial charge in [0.1, 0.15) is 0 Å². The van der Waals surface area contributed by atoms with Gasteiger partial charge in [-0.2, -0.15) is 0 Å². The quantitative estimate of drug-likeness (QED) is 0.656. The molecule has 2 aromatic rings. The number of esters is 1. The Labute approximate surface area is 179 Å². The van der Waals surface area contributed by atoms with Gasteiger partial charge in [0.25, 0.3) is 0 Å². The van der Waals surface area contributed by atoms with Crippen LogP contribution in [0.15, 0.2) is 36.4 Å². The highest BCUT2D eigenvalue weighted by Gasteiger charge is 2.28. The predicted molar refractivity (Wildman–Crippen MR) is 119 cm³/mol. The summed E-state index contributed by atoms with van der Waals surface area (Å²) >= 11 is 0. The molecule has 1 heterocycles. The van der Waals surface area contributed by atoms with Crippen LogP contribution in [0.5, 0.6) is 0 Å². The maximum absolute atomic E-state index is 12.7. The second-order valence-corrected chi connectivity index (χ2v) is 8.46. The first-order chi connectivity index (χ1) is 14.4. The SMILES string of the molecule is CCOC(=O)c1cc(-c2ccccc2)n(CCC(=O)NC2CCCC(C)C2C)c1C. The van der Waals surface area contributed by atoms with Crippen LogP contribution in [0.25, 0.3) is 11.3 Å². The summed E-state index contributed by atoms with van der Waals surface area (Å²) in [5.74, 6) is 0.907. The van der Waals surface area contributed by atoms with Gasteiger partial charge in [-0.1, -0.05) is 57.0 Å². The zero-order chi connectivity index (χ0) is 21.7. The first kappa shape index (κ1) is 22.1. The van der Waals surface area contributed by atoms with Crippen LogP contribution < -0.4 is 5.32 Å². The van der Waals surface area contributed by atoms with Crippen LogP contribution in [0.1, 0.15) is 62.5 Å². The van der Waals surface area contributed by atoms with Crippen LogP contribution in [0, 0.1) is 18.8 Å². The van der Waals surface area contributed by atoms with Crippen molar-refractivity contribution in [2.45, 2.75) is 66.0 Å². The van der Waals surface area contributed by atoms with E-state index in [-0.39, 0.29) is 17.9 Å². The molecule has 1 aromatic heterocycles. The Morgan fingerprint density at radius 3 is 2.60 bits per heavy atom. The molecule has 1 N–H and O–H groups in total. The number of aromatic nitrogens is 1. The largest absolute Gasteiger partial charge is 0.462 e. The molecule has 0 saturated heterocycles. The number of benzene rings is 1. The summed E-state index contributed by atoms with van der Waals surface area (Å²) in [5.41, 5.74) is 3.35. The maximum Gasteiger partial charge on any atom is 0.339 e. The fourth-order valence-electron chi connectivity index (χ4n) is 4.47. The number of carbonyl (C=O) groups is 2. The van der Waals surface area contributed by atoms with E-state index in [4.69, 9.17) is 4.74 Å². The van der Waals surface area contributed by atoms with Gasteiger partial charge in [-0.15, -0.1) is 0 Å². The molecule has 1 aliphatic rings. The molecule has 1 aliphatic carbocycles. The van der Waals surface area contributed by atoms with E-state index in [1.807, 2.05) is 43.3 Å². The van der Waals surface area contributed by atoms with Gasteiger partial charge < -0.3 is 14.6 Å². The molecule has 5 nitrogen and oxygen atoms in total. The second-order valence-electron chi connectivity index (χ2n) is 8.46. The topological polar surface area (TPSA) is 60.3 Å². The van der Waals surface area contributed by atoms with E-state index in [1.54, 1.807) is 6.92 Å². The monoisotopic (exact) mass is 410 g/mol. The minimum absolute atomic E-state index is 0.0748. The lowest BCUT2D eigenvalue weighted by Gasteiger charge is -2.34. The number of carbonyl (C=O) groups excluding carboxylic acids is 2. The molecule has 3 unspecified atom stereocenters. The van der Waals surface area contributed by atoms with E-state index in [0.29, 0.717) is 37.0 Å². The highest BCUT2D eigenvalue weighted by atomic mass is 16.5. The lowest BCUT2D eigenvalue weighted by Crippen LogP contribution is -2.43. The molecule has 1 fully saturated rings. The van der Waals surface area contributed by atoms with Gasteiger partial charge in [-0.3, -0.25) is 4.79 Å². The molecule has 1 aromatic carbocycles. The van der Waals surface area contributed by atoms with Crippen molar-refractivity contribution in [2.75, 3.05) is 6.61 Å². The molecule has 3 atom stereocenters. The summed E-state index contributed by atoms with van der Waals surface area (Å²) < 4.78 is 7.29. The van der Waals surface area contributed by atoms with Crippen molar-refractivity contribution in [2.24, 2.45) is 11.8 Å². The fourth-order valence-corrected chi connectivity index (χ4v) is 4.47. The lowest BCUT2D eigenvalue weighted by atomic mass is 9.78. The number of hydrogen-bond donors (Lipinski definition) is 1. The van der Waals surface area contributed by atoms with E-state index in [0.717, 1.165) is 23.4 Å². The summed E-state index contributed by atoms with van der Waals surface area (Å²) in [6, 6.07) is 12.1. The number of amides is 1. The maximum atomic E-state index is 12.7. The molecule has 3 rings (SSSR count). The minimum atomic E-state index is -0.319. The third-order valence-electron chi connectivity index (χ3n) is 6.55. The Morgan fingerprint density at radius 1 is 1.17 bits per heavy atom. The Hall–Kier alpha value is -2.56. The van der Waals surface area contributed by atoms with Gasteiger partial charge in [-0.05, 0) is 43.7 Å². The summed E-state index contributed by atoms with van der Waals surface area (Å²) in [6.07, 6.45) is 3.86. The number of nitrogens with one attached hydrogen (secondary N) is 1. The highest BCUT2D eigenvalue weighted by molar-refractivity contribution is 5.92. The summed E-state index contributed by atoms with van der Waals surface area (Å²) in [5, 5.41) is 3.25. The molecule has 1 amide bonds. The van der Waals surface area contributed by atoms with Crippen molar-refractivity contribution in [1.82, 2.24) is 9.88 Å². The summed E-state index contributed by atoms with van der Waals surface area (Å²) in [4.78, 5) is 25.1.